The first kappa shape index (κ1) is 23.6. The average Bonchev–Trinajstić information content (AvgIpc) is 2.57. The van der Waals surface area contributed by atoms with Crippen LogP contribution in [-0.2, 0) is 6.54 Å². The molecule has 0 aliphatic rings. The van der Waals surface area contributed by atoms with Crippen molar-refractivity contribution in [1.29, 1.82) is 0 Å². The van der Waals surface area contributed by atoms with Crippen LogP contribution in [0, 0.1) is 6.92 Å². The minimum atomic E-state index is 0. The van der Waals surface area contributed by atoms with Gasteiger partial charge < -0.3 is 17.0 Å². The van der Waals surface area contributed by atoms with Gasteiger partial charge in [0.05, 0.1) is 0 Å². The van der Waals surface area contributed by atoms with E-state index in [9.17, 15) is 0 Å². The zero-order valence-electron chi connectivity index (χ0n) is 16.2. The van der Waals surface area contributed by atoms with Crippen LogP contribution in [0.1, 0.15) is 102 Å². The van der Waals surface area contributed by atoms with Gasteiger partial charge in [0.25, 0.3) is 0 Å². The summed E-state index contributed by atoms with van der Waals surface area (Å²) in [6.07, 6.45) is 24.5. The van der Waals surface area contributed by atoms with Crippen molar-refractivity contribution in [2.75, 3.05) is 0 Å². The Labute approximate surface area is 162 Å². The molecule has 0 spiro atoms. The van der Waals surface area contributed by atoms with Crippen LogP contribution in [-0.4, -0.2) is 0 Å². The van der Waals surface area contributed by atoms with E-state index < -0.39 is 0 Å². The summed E-state index contributed by atoms with van der Waals surface area (Å²) in [6.45, 7) is 5.62. The zero-order chi connectivity index (χ0) is 16.6. The lowest BCUT2D eigenvalue weighted by molar-refractivity contribution is -0.697. The number of hydrogen-bond acceptors (Lipinski definition) is 0. The standard InChI is InChI=1S/C22H40N.BrH/c1-3-4-5-6-7-8-9-10-11-12-13-14-15-16-19-23-20-17-22(2)18-21-23;/h17-18,20-21H,3-16,19H2,1-2H3;1H/q+1;/p-1. The highest BCUT2D eigenvalue weighted by Gasteiger charge is 1.99. The van der Waals surface area contributed by atoms with E-state index in [0.29, 0.717) is 0 Å². The Hall–Kier alpha value is -0.370. The Balaban J connectivity index is 0.00000529. The maximum atomic E-state index is 2.31. The minimum absolute atomic E-state index is 0. The summed E-state index contributed by atoms with van der Waals surface area (Å²) in [5, 5.41) is 0. The number of halogens is 1. The summed E-state index contributed by atoms with van der Waals surface area (Å²) in [7, 11) is 0. The summed E-state index contributed by atoms with van der Waals surface area (Å²) in [6, 6.07) is 4.40. The topological polar surface area (TPSA) is 3.88 Å². The second kappa shape index (κ2) is 17.5. The molecule has 1 rings (SSSR count). The normalized spacial score (nSPS) is 10.6. The average molecular weight is 398 g/mol. The molecule has 0 amide bonds. The molecule has 1 heterocycles. The molecular weight excluding hydrogens is 358 g/mol. The molecule has 1 nitrogen and oxygen atoms in total. The summed E-state index contributed by atoms with van der Waals surface area (Å²) in [5.74, 6) is 0. The number of unbranched alkanes of at least 4 members (excludes halogenated alkanes) is 13. The monoisotopic (exact) mass is 397 g/mol. The van der Waals surface area contributed by atoms with Crippen LogP contribution in [0.25, 0.3) is 0 Å². The lowest BCUT2D eigenvalue weighted by atomic mass is 10.0. The number of rotatable bonds is 15. The molecule has 0 atom stereocenters. The molecule has 0 radical (unpaired) electrons. The van der Waals surface area contributed by atoms with Crippen LogP contribution < -0.4 is 21.5 Å². The van der Waals surface area contributed by atoms with Gasteiger partial charge in [-0.05, 0) is 18.9 Å². The van der Waals surface area contributed by atoms with E-state index in [0.717, 1.165) is 0 Å². The van der Waals surface area contributed by atoms with Gasteiger partial charge in [0.15, 0.2) is 12.4 Å². The van der Waals surface area contributed by atoms with E-state index in [2.05, 4.69) is 42.9 Å². The van der Waals surface area contributed by atoms with Crippen LogP contribution in [0.3, 0.4) is 0 Å². The number of hydrogen-bond donors (Lipinski definition) is 0. The molecule has 0 saturated heterocycles. The van der Waals surface area contributed by atoms with Crippen molar-refractivity contribution >= 4 is 0 Å². The molecule has 0 aliphatic heterocycles. The first-order valence-electron chi connectivity index (χ1n) is 10.3. The highest BCUT2D eigenvalue weighted by atomic mass is 79.9. The van der Waals surface area contributed by atoms with Gasteiger partial charge in [0.2, 0.25) is 0 Å². The lowest BCUT2D eigenvalue weighted by Gasteiger charge is -2.03. The molecule has 0 aliphatic carbocycles. The largest absolute Gasteiger partial charge is 1.00 e. The van der Waals surface area contributed by atoms with Gasteiger partial charge in [-0.3, -0.25) is 0 Å². The number of aryl methyl sites for hydroxylation is 2. The van der Waals surface area contributed by atoms with Crippen LogP contribution in [0.2, 0.25) is 0 Å². The van der Waals surface area contributed by atoms with Crippen LogP contribution in [0.4, 0.5) is 0 Å². The van der Waals surface area contributed by atoms with E-state index in [1.807, 2.05) is 0 Å². The van der Waals surface area contributed by atoms with E-state index >= 15 is 0 Å². The van der Waals surface area contributed by atoms with Crippen molar-refractivity contribution in [2.45, 2.75) is 110 Å². The molecule has 140 valence electrons. The fourth-order valence-electron chi connectivity index (χ4n) is 3.17. The van der Waals surface area contributed by atoms with Crippen molar-refractivity contribution in [3.63, 3.8) is 0 Å². The van der Waals surface area contributed by atoms with Crippen molar-refractivity contribution in [1.82, 2.24) is 0 Å². The lowest BCUT2D eigenvalue weighted by Crippen LogP contribution is -3.00. The van der Waals surface area contributed by atoms with Gasteiger partial charge in [0.1, 0.15) is 6.54 Å². The van der Waals surface area contributed by atoms with Crippen molar-refractivity contribution in [2.24, 2.45) is 0 Å². The Kier molecular flexibility index (Phi) is 17.2. The second-order valence-electron chi connectivity index (χ2n) is 7.21. The first-order valence-corrected chi connectivity index (χ1v) is 10.3. The third kappa shape index (κ3) is 14.0. The molecule has 0 saturated carbocycles. The maximum Gasteiger partial charge on any atom is 0.169 e. The fourth-order valence-corrected chi connectivity index (χ4v) is 3.17. The zero-order valence-corrected chi connectivity index (χ0v) is 17.8. The molecule has 0 fully saturated rings. The van der Waals surface area contributed by atoms with Gasteiger partial charge in [-0.2, -0.15) is 0 Å². The SMILES string of the molecule is CCCCCCCCCCCCCCCC[n+]1ccc(C)cc1.[Br-]. The Bertz CT molecular complexity index is 361. The quantitative estimate of drug-likeness (QED) is 0.313. The highest BCUT2D eigenvalue weighted by molar-refractivity contribution is 5.03. The third-order valence-electron chi connectivity index (χ3n) is 4.83. The van der Waals surface area contributed by atoms with E-state index in [1.54, 1.807) is 0 Å². The van der Waals surface area contributed by atoms with Gasteiger partial charge in [0, 0.05) is 18.6 Å². The molecule has 1 aromatic heterocycles. The van der Waals surface area contributed by atoms with E-state index in [-0.39, 0.29) is 17.0 Å². The molecule has 1 aromatic rings. The molecule has 0 bridgehead atoms. The maximum absolute atomic E-state index is 2.31. The highest BCUT2D eigenvalue weighted by Crippen LogP contribution is 2.12. The van der Waals surface area contributed by atoms with Gasteiger partial charge in [-0.15, -0.1) is 0 Å². The van der Waals surface area contributed by atoms with Gasteiger partial charge >= 0.3 is 0 Å². The minimum Gasteiger partial charge on any atom is -1.00 e. The van der Waals surface area contributed by atoms with Crippen molar-refractivity contribution in [3.8, 4) is 0 Å². The molecular formula is C22H40BrN. The number of pyridine rings is 1. The van der Waals surface area contributed by atoms with E-state index in [1.165, 1.54) is 102 Å². The smallest absolute Gasteiger partial charge is 0.169 e. The number of aromatic nitrogens is 1. The van der Waals surface area contributed by atoms with Crippen LogP contribution >= 0.6 is 0 Å². The molecule has 0 unspecified atom stereocenters. The van der Waals surface area contributed by atoms with Gasteiger partial charge in [-0.1, -0.05) is 84.0 Å². The molecule has 2 heteroatoms. The Morgan fingerprint density at radius 3 is 1.42 bits per heavy atom. The summed E-state index contributed by atoms with van der Waals surface area (Å²) in [5.41, 5.74) is 1.35. The third-order valence-corrected chi connectivity index (χ3v) is 4.83. The van der Waals surface area contributed by atoms with Crippen molar-refractivity contribution < 1.29 is 21.5 Å². The summed E-state index contributed by atoms with van der Waals surface area (Å²) in [4.78, 5) is 0. The molecule has 0 N–H and O–H groups in total. The summed E-state index contributed by atoms with van der Waals surface area (Å²) < 4.78 is 2.31. The molecule has 24 heavy (non-hydrogen) atoms. The van der Waals surface area contributed by atoms with Gasteiger partial charge in [-0.25, -0.2) is 4.57 Å². The summed E-state index contributed by atoms with van der Waals surface area (Å²) >= 11 is 0. The second-order valence-corrected chi connectivity index (χ2v) is 7.21. The Morgan fingerprint density at radius 1 is 0.625 bits per heavy atom. The Morgan fingerprint density at radius 2 is 1.00 bits per heavy atom. The fraction of sp³-hybridized carbons (Fsp3) is 0.773. The number of nitrogens with zero attached hydrogens (tertiary/aromatic N) is 1. The van der Waals surface area contributed by atoms with Crippen LogP contribution in [0.15, 0.2) is 24.5 Å². The van der Waals surface area contributed by atoms with Crippen molar-refractivity contribution in [3.05, 3.63) is 30.1 Å². The first-order chi connectivity index (χ1) is 11.3. The van der Waals surface area contributed by atoms with Crippen LogP contribution in [0.5, 0.6) is 0 Å². The predicted molar refractivity (Wildman–Crippen MR) is 102 cm³/mol. The van der Waals surface area contributed by atoms with E-state index in [4.69, 9.17) is 0 Å². The molecule has 0 aromatic carbocycles. The predicted octanol–water partition coefficient (Wildman–Crippen LogP) is 3.77.